The van der Waals surface area contributed by atoms with E-state index < -0.39 is 28.3 Å². The molecule has 2 aromatic rings. The zero-order valence-corrected chi connectivity index (χ0v) is 16.2. The summed E-state index contributed by atoms with van der Waals surface area (Å²) in [6, 6.07) is 13.5. The first-order chi connectivity index (χ1) is 12.8. The monoisotopic (exact) mass is 411 g/mol. The van der Waals surface area contributed by atoms with Crippen LogP contribution in [0.15, 0.2) is 53.6 Å². The Morgan fingerprint density at radius 1 is 1.22 bits per heavy atom. The van der Waals surface area contributed by atoms with Crippen molar-refractivity contribution < 1.29 is 17.6 Å². The standard InChI is InChI=1S/C18H19ClFN3O3S/c1-27(25,26)23(11-10-14-6-3-2-4-7-14)13-18(24)22-21-12-15-16(19)8-5-9-17(15)20/h2-9,12H,10-11,13H2,1H3,(H,22,24)/b21-12+. The molecule has 0 saturated heterocycles. The SMILES string of the molecule is CS(=O)(=O)N(CCc1ccccc1)CC(=O)N/N=C/c1c(F)cccc1Cl. The zero-order chi connectivity index (χ0) is 19.9. The first-order valence-electron chi connectivity index (χ1n) is 8.02. The Morgan fingerprint density at radius 3 is 2.56 bits per heavy atom. The third kappa shape index (κ3) is 6.74. The molecular weight excluding hydrogens is 393 g/mol. The molecule has 9 heteroatoms. The Kier molecular flexibility index (Phi) is 7.46. The van der Waals surface area contributed by atoms with Crippen molar-refractivity contribution in [3.63, 3.8) is 0 Å². The Bertz CT molecular complexity index is 900. The summed E-state index contributed by atoms with van der Waals surface area (Å²) < 4.78 is 38.5. The second-order valence-electron chi connectivity index (χ2n) is 5.76. The average Bonchev–Trinajstić information content (AvgIpc) is 2.61. The van der Waals surface area contributed by atoms with E-state index in [2.05, 4.69) is 10.5 Å². The zero-order valence-electron chi connectivity index (χ0n) is 14.6. The summed E-state index contributed by atoms with van der Waals surface area (Å²) in [5.74, 6) is -1.22. The average molecular weight is 412 g/mol. The summed E-state index contributed by atoms with van der Waals surface area (Å²) in [6.07, 6.45) is 2.58. The molecule has 0 unspecified atom stereocenters. The van der Waals surface area contributed by atoms with Gasteiger partial charge in [0.2, 0.25) is 10.0 Å². The summed E-state index contributed by atoms with van der Waals surface area (Å²) >= 11 is 5.86. The molecule has 0 heterocycles. The molecule has 0 aliphatic carbocycles. The molecule has 6 nitrogen and oxygen atoms in total. The van der Waals surface area contributed by atoms with Crippen LogP contribution in [0, 0.1) is 5.82 Å². The number of carbonyl (C=O) groups is 1. The van der Waals surface area contributed by atoms with Crippen LogP contribution in [0.1, 0.15) is 11.1 Å². The Morgan fingerprint density at radius 2 is 1.93 bits per heavy atom. The highest BCUT2D eigenvalue weighted by Crippen LogP contribution is 2.16. The van der Waals surface area contributed by atoms with Gasteiger partial charge < -0.3 is 0 Å². The van der Waals surface area contributed by atoms with Crippen molar-refractivity contribution in [1.29, 1.82) is 0 Å². The molecule has 0 atom stereocenters. The van der Waals surface area contributed by atoms with Crippen molar-refractivity contribution in [2.24, 2.45) is 5.10 Å². The molecule has 0 bridgehead atoms. The highest BCUT2D eigenvalue weighted by Gasteiger charge is 2.19. The van der Waals surface area contributed by atoms with E-state index in [0.29, 0.717) is 6.42 Å². The van der Waals surface area contributed by atoms with Gasteiger partial charge in [0.1, 0.15) is 5.82 Å². The highest BCUT2D eigenvalue weighted by molar-refractivity contribution is 7.88. The lowest BCUT2D eigenvalue weighted by molar-refractivity contribution is -0.121. The van der Waals surface area contributed by atoms with E-state index in [1.807, 2.05) is 30.3 Å². The number of carbonyl (C=O) groups excluding carboxylic acids is 1. The number of amides is 1. The second kappa shape index (κ2) is 9.59. The van der Waals surface area contributed by atoms with Gasteiger partial charge in [0.05, 0.1) is 24.0 Å². The Balaban J connectivity index is 1.96. The molecule has 0 aliphatic heterocycles. The van der Waals surface area contributed by atoms with Gasteiger partial charge >= 0.3 is 0 Å². The van der Waals surface area contributed by atoms with Crippen LogP contribution >= 0.6 is 11.6 Å². The molecule has 0 aromatic heterocycles. The van der Waals surface area contributed by atoms with E-state index >= 15 is 0 Å². The summed E-state index contributed by atoms with van der Waals surface area (Å²) in [6.45, 7) is -0.243. The maximum atomic E-state index is 13.6. The number of rotatable bonds is 8. The molecule has 2 rings (SSSR count). The van der Waals surface area contributed by atoms with Crippen molar-refractivity contribution in [2.45, 2.75) is 6.42 Å². The van der Waals surface area contributed by atoms with Crippen LogP contribution in [0.25, 0.3) is 0 Å². The van der Waals surface area contributed by atoms with Crippen LogP contribution in [0.3, 0.4) is 0 Å². The van der Waals surface area contributed by atoms with Crippen molar-refractivity contribution in [2.75, 3.05) is 19.3 Å². The number of benzene rings is 2. The lowest BCUT2D eigenvalue weighted by Gasteiger charge is -2.18. The molecule has 0 saturated carbocycles. The number of sulfonamides is 1. The molecule has 0 fully saturated rings. The van der Waals surface area contributed by atoms with Gasteiger partial charge in [0.25, 0.3) is 5.91 Å². The number of hydrogen-bond acceptors (Lipinski definition) is 4. The topological polar surface area (TPSA) is 78.8 Å². The minimum absolute atomic E-state index is 0.0310. The minimum Gasteiger partial charge on any atom is -0.272 e. The lowest BCUT2D eigenvalue weighted by atomic mass is 10.1. The molecular formula is C18H19ClFN3O3S. The number of halogens is 2. The molecule has 0 radical (unpaired) electrons. The van der Waals surface area contributed by atoms with Gasteiger partial charge in [-0.05, 0) is 24.1 Å². The first kappa shape index (κ1) is 21.0. The molecule has 144 valence electrons. The summed E-state index contributed by atoms with van der Waals surface area (Å²) in [5.41, 5.74) is 3.17. The van der Waals surface area contributed by atoms with Gasteiger partial charge in [-0.3, -0.25) is 4.79 Å². The Labute approximate surface area is 162 Å². The number of nitrogens with zero attached hydrogens (tertiary/aromatic N) is 2. The predicted molar refractivity (Wildman–Crippen MR) is 104 cm³/mol. The normalized spacial score (nSPS) is 11.9. The largest absolute Gasteiger partial charge is 0.272 e. The van der Waals surface area contributed by atoms with Crippen LogP contribution in [0.4, 0.5) is 4.39 Å². The maximum Gasteiger partial charge on any atom is 0.255 e. The predicted octanol–water partition coefficient (Wildman–Crippen LogP) is 2.43. The molecule has 27 heavy (non-hydrogen) atoms. The van der Waals surface area contributed by atoms with Crippen LogP contribution in [0.2, 0.25) is 5.02 Å². The summed E-state index contributed by atoms with van der Waals surface area (Å²) in [5, 5.41) is 3.79. The van der Waals surface area contributed by atoms with Gasteiger partial charge in [0.15, 0.2) is 0 Å². The van der Waals surface area contributed by atoms with Crippen LogP contribution in [-0.4, -0.2) is 44.2 Å². The van der Waals surface area contributed by atoms with E-state index in [9.17, 15) is 17.6 Å². The van der Waals surface area contributed by atoms with Crippen LogP contribution in [0.5, 0.6) is 0 Å². The number of nitrogens with one attached hydrogen (secondary N) is 1. The van der Waals surface area contributed by atoms with Gasteiger partial charge in [0, 0.05) is 12.1 Å². The molecule has 0 aliphatic rings. The fourth-order valence-electron chi connectivity index (χ4n) is 2.26. The summed E-state index contributed by atoms with van der Waals surface area (Å²) in [7, 11) is -3.58. The van der Waals surface area contributed by atoms with Crippen LogP contribution < -0.4 is 5.43 Å². The van der Waals surface area contributed by atoms with E-state index in [1.165, 1.54) is 18.2 Å². The minimum atomic E-state index is -3.58. The van der Waals surface area contributed by atoms with E-state index in [-0.39, 0.29) is 17.1 Å². The summed E-state index contributed by atoms with van der Waals surface area (Å²) in [4.78, 5) is 12.0. The Hall–Kier alpha value is -2.29. The fraction of sp³-hybridized carbons (Fsp3) is 0.222. The van der Waals surface area contributed by atoms with Gasteiger partial charge in [-0.2, -0.15) is 9.41 Å². The van der Waals surface area contributed by atoms with E-state index in [0.717, 1.165) is 22.3 Å². The van der Waals surface area contributed by atoms with Crippen molar-refractivity contribution in [3.8, 4) is 0 Å². The van der Waals surface area contributed by atoms with Gasteiger partial charge in [-0.15, -0.1) is 0 Å². The first-order valence-corrected chi connectivity index (χ1v) is 10.2. The maximum absolute atomic E-state index is 13.6. The number of hydrazone groups is 1. The second-order valence-corrected chi connectivity index (χ2v) is 8.15. The van der Waals surface area contributed by atoms with E-state index in [4.69, 9.17) is 11.6 Å². The third-order valence-corrected chi connectivity index (χ3v) is 5.24. The van der Waals surface area contributed by atoms with Crippen molar-refractivity contribution in [3.05, 3.63) is 70.5 Å². The lowest BCUT2D eigenvalue weighted by Crippen LogP contribution is -2.40. The number of hydrogen-bond donors (Lipinski definition) is 1. The molecule has 2 aromatic carbocycles. The smallest absolute Gasteiger partial charge is 0.255 e. The van der Waals surface area contributed by atoms with Gasteiger partial charge in [-0.25, -0.2) is 18.2 Å². The quantitative estimate of drug-likeness (QED) is 0.535. The molecule has 1 N–H and O–H groups in total. The van der Waals surface area contributed by atoms with E-state index in [1.54, 1.807) is 0 Å². The molecule has 0 spiro atoms. The fourth-order valence-corrected chi connectivity index (χ4v) is 3.25. The van der Waals surface area contributed by atoms with Crippen LogP contribution in [-0.2, 0) is 21.2 Å². The van der Waals surface area contributed by atoms with Crippen molar-refractivity contribution >= 4 is 33.7 Å². The van der Waals surface area contributed by atoms with Crippen molar-refractivity contribution in [1.82, 2.24) is 9.73 Å². The van der Waals surface area contributed by atoms with Gasteiger partial charge in [-0.1, -0.05) is 48.0 Å². The highest BCUT2D eigenvalue weighted by atomic mass is 35.5. The molecule has 1 amide bonds. The third-order valence-electron chi connectivity index (χ3n) is 3.66.